The van der Waals surface area contributed by atoms with Crippen molar-refractivity contribution >= 4 is 28.9 Å². The summed E-state index contributed by atoms with van der Waals surface area (Å²) in [4.78, 5) is 14.5. The van der Waals surface area contributed by atoms with E-state index in [9.17, 15) is 4.79 Å². The van der Waals surface area contributed by atoms with Crippen LogP contribution in [0.5, 0.6) is 11.5 Å². The van der Waals surface area contributed by atoms with Crippen LogP contribution in [0.15, 0.2) is 36.4 Å². The molecule has 24 heavy (non-hydrogen) atoms. The quantitative estimate of drug-likeness (QED) is 0.855. The Bertz CT molecular complexity index is 732. The summed E-state index contributed by atoms with van der Waals surface area (Å²) in [5, 5.41) is 3.45. The lowest BCUT2D eigenvalue weighted by Crippen LogP contribution is -2.17. The number of anilines is 2. The van der Waals surface area contributed by atoms with E-state index in [1.807, 2.05) is 32.0 Å². The average Bonchev–Trinajstić information content (AvgIpc) is 2.55. The van der Waals surface area contributed by atoms with Crippen molar-refractivity contribution in [3.8, 4) is 11.5 Å². The molecule has 0 aromatic heterocycles. The number of benzene rings is 2. The van der Waals surface area contributed by atoms with Crippen molar-refractivity contribution in [1.29, 1.82) is 0 Å². The van der Waals surface area contributed by atoms with E-state index in [1.54, 1.807) is 37.4 Å². The first-order valence-corrected chi connectivity index (χ1v) is 7.93. The summed E-state index contributed by atoms with van der Waals surface area (Å²) in [5.74, 6) is 0.874. The van der Waals surface area contributed by atoms with Gasteiger partial charge >= 0.3 is 0 Å². The average molecular weight is 349 g/mol. The van der Waals surface area contributed by atoms with Crippen molar-refractivity contribution < 1.29 is 14.3 Å². The third-order valence-electron chi connectivity index (χ3n) is 3.41. The van der Waals surface area contributed by atoms with E-state index in [2.05, 4.69) is 5.32 Å². The number of ether oxygens (including phenoxy) is 2. The standard InChI is InChI=1S/C18H21ClN2O3/c1-5-24-16-9-6-12(10-17(16)23-4)18(22)20-14-11-13(19)7-8-15(14)21(2)3/h6-11H,5H2,1-4H3,(H,20,22). The molecule has 0 heterocycles. The van der Waals surface area contributed by atoms with Gasteiger partial charge in [-0.05, 0) is 43.3 Å². The molecule has 2 rings (SSSR count). The first kappa shape index (κ1) is 17.9. The number of amides is 1. The van der Waals surface area contributed by atoms with E-state index < -0.39 is 0 Å². The molecule has 2 aromatic rings. The Balaban J connectivity index is 2.29. The first-order chi connectivity index (χ1) is 11.5. The highest BCUT2D eigenvalue weighted by molar-refractivity contribution is 6.31. The van der Waals surface area contributed by atoms with E-state index in [4.69, 9.17) is 21.1 Å². The van der Waals surface area contributed by atoms with E-state index in [0.717, 1.165) is 5.69 Å². The van der Waals surface area contributed by atoms with Crippen LogP contribution in [0.1, 0.15) is 17.3 Å². The van der Waals surface area contributed by atoms with Gasteiger partial charge in [0, 0.05) is 24.7 Å². The summed E-state index contributed by atoms with van der Waals surface area (Å²) in [5.41, 5.74) is 1.98. The molecule has 6 heteroatoms. The maximum absolute atomic E-state index is 12.6. The molecule has 0 spiro atoms. The van der Waals surface area contributed by atoms with E-state index in [1.165, 1.54) is 0 Å². The number of halogens is 1. The third-order valence-corrected chi connectivity index (χ3v) is 3.65. The topological polar surface area (TPSA) is 50.8 Å². The minimum atomic E-state index is -0.248. The predicted octanol–water partition coefficient (Wildman–Crippen LogP) is 4.07. The van der Waals surface area contributed by atoms with Crippen LogP contribution in [-0.4, -0.2) is 33.7 Å². The van der Waals surface area contributed by atoms with Gasteiger partial charge < -0.3 is 19.7 Å². The molecule has 1 amide bonds. The van der Waals surface area contributed by atoms with Gasteiger partial charge in [0.05, 0.1) is 25.1 Å². The first-order valence-electron chi connectivity index (χ1n) is 7.55. The number of nitrogens with zero attached hydrogens (tertiary/aromatic N) is 1. The zero-order chi connectivity index (χ0) is 17.7. The van der Waals surface area contributed by atoms with E-state index >= 15 is 0 Å². The molecule has 0 saturated heterocycles. The van der Waals surface area contributed by atoms with Crippen LogP contribution in [0.3, 0.4) is 0 Å². The fourth-order valence-corrected chi connectivity index (χ4v) is 2.45. The molecule has 0 bridgehead atoms. The van der Waals surface area contributed by atoms with Gasteiger partial charge in [-0.3, -0.25) is 4.79 Å². The Kier molecular flexibility index (Phi) is 5.93. The number of carbonyl (C=O) groups excluding carboxylic acids is 1. The van der Waals surface area contributed by atoms with Crippen molar-refractivity contribution in [2.75, 3.05) is 38.0 Å². The molecule has 2 aromatic carbocycles. The highest BCUT2D eigenvalue weighted by Crippen LogP contribution is 2.30. The SMILES string of the molecule is CCOc1ccc(C(=O)Nc2cc(Cl)ccc2N(C)C)cc1OC. The van der Waals surface area contributed by atoms with Crippen LogP contribution in [0.2, 0.25) is 5.02 Å². The molecule has 0 radical (unpaired) electrons. The van der Waals surface area contributed by atoms with Crippen LogP contribution < -0.4 is 19.7 Å². The van der Waals surface area contributed by atoms with Crippen molar-refractivity contribution in [3.63, 3.8) is 0 Å². The second-order valence-electron chi connectivity index (χ2n) is 5.31. The van der Waals surface area contributed by atoms with Crippen molar-refractivity contribution in [3.05, 3.63) is 47.0 Å². The lowest BCUT2D eigenvalue weighted by atomic mass is 10.1. The molecular weight excluding hydrogens is 328 g/mol. The molecule has 0 aliphatic rings. The molecule has 0 aliphatic heterocycles. The number of carbonyl (C=O) groups is 1. The second kappa shape index (κ2) is 7.93. The summed E-state index contributed by atoms with van der Waals surface area (Å²) < 4.78 is 10.8. The Morgan fingerprint density at radius 1 is 1.17 bits per heavy atom. The van der Waals surface area contributed by atoms with Crippen molar-refractivity contribution in [2.24, 2.45) is 0 Å². The Labute approximate surface area is 147 Å². The lowest BCUT2D eigenvalue weighted by Gasteiger charge is -2.18. The van der Waals surface area contributed by atoms with E-state index in [-0.39, 0.29) is 5.91 Å². The maximum atomic E-state index is 12.6. The smallest absolute Gasteiger partial charge is 0.255 e. The van der Waals surface area contributed by atoms with Crippen molar-refractivity contribution in [1.82, 2.24) is 0 Å². The monoisotopic (exact) mass is 348 g/mol. The van der Waals surface area contributed by atoms with Gasteiger partial charge in [-0.15, -0.1) is 0 Å². The second-order valence-corrected chi connectivity index (χ2v) is 5.75. The number of hydrogen-bond acceptors (Lipinski definition) is 4. The largest absolute Gasteiger partial charge is 0.493 e. The number of hydrogen-bond donors (Lipinski definition) is 1. The highest BCUT2D eigenvalue weighted by atomic mass is 35.5. The van der Waals surface area contributed by atoms with E-state index in [0.29, 0.717) is 34.4 Å². The summed E-state index contributed by atoms with van der Waals surface area (Å²) in [6.07, 6.45) is 0. The molecule has 0 fully saturated rings. The van der Waals surface area contributed by atoms with Gasteiger partial charge in [-0.2, -0.15) is 0 Å². The van der Waals surface area contributed by atoms with Gasteiger partial charge in [0.25, 0.3) is 5.91 Å². The fourth-order valence-electron chi connectivity index (χ4n) is 2.28. The van der Waals surface area contributed by atoms with Crippen LogP contribution >= 0.6 is 11.6 Å². The molecule has 0 aliphatic carbocycles. The molecule has 128 valence electrons. The van der Waals surface area contributed by atoms with Crippen LogP contribution in [0.4, 0.5) is 11.4 Å². The minimum Gasteiger partial charge on any atom is -0.493 e. The van der Waals surface area contributed by atoms with Gasteiger partial charge in [-0.1, -0.05) is 11.6 Å². The van der Waals surface area contributed by atoms with Crippen molar-refractivity contribution in [2.45, 2.75) is 6.92 Å². The number of rotatable bonds is 6. The zero-order valence-corrected chi connectivity index (χ0v) is 15.0. The minimum absolute atomic E-state index is 0.248. The lowest BCUT2D eigenvalue weighted by molar-refractivity contribution is 0.102. The summed E-state index contributed by atoms with van der Waals surface area (Å²) in [6, 6.07) is 10.4. The molecule has 1 N–H and O–H groups in total. The van der Waals surface area contributed by atoms with Gasteiger partial charge in [0.15, 0.2) is 11.5 Å². The van der Waals surface area contributed by atoms with Crippen LogP contribution in [0, 0.1) is 0 Å². The molecule has 0 saturated carbocycles. The normalized spacial score (nSPS) is 10.2. The summed E-state index contributed by atoms with van der Waals surface area (Å²) in [6.45, 7) is 2.42. The number of methoxy groups -OCH3 is 1. The Morgan fingerprint density at radius 3 is 2.54 bits per heavy atom. The number of nitrogens with one attached hydrogen (secondary N) is 1. The maximum Gasteiger partial charge on any atom is 0.255 e. The fraction of sp³-hybridized carbons (Fsp3) is 0.278. The van der Waals surface area contributed by atoms with Gasteiger partial charge in [0.1, 0.15) is 0 Å². The Hall–Kier alpha value is -2.40. The van der Waals surface area contributed by atoms with Gasteiger partial charge in [-0.25, -0.2) is 0 Å². The predicted molar refractivity (Wildman–Crippen MR) is 97.9 cm³/mol. The molecular formula is C18H21ClN2O3. The molecule has 0 atom stereocenters. The molecule has 0 unspecified atom stereocenters. The van der Waals surface area contributed by atoms with Crippen LogP contribution in [-0.2, 0) is 0 Å². The van der Waals surface area contributed by atoms with Gasteiger partial charge in [0.2, 0.25) is 0 Å². The highest BCUT2D eigenvalue weighted by Gasteiger charge is 2.14. The summed E-state index contributed by atoms with van der Waals surface area (Å²) >= 11 is 6.05. The Morgan fingerprint density at radius 2 is 1.92 bits per heavy atom. The summed E-state index contributed by atoms with van der Waals surface area (Å²) in [7, 11) is 5.35. The zero-order valence-electron chi connectivity index (χ0n) is 14.2. The van der Waals surface area contributed by atoms with Crippen LogP contribution in [0.25, 0.3) is 0 Å². The molecule has 5 nitrogen and oxygen atoms in total. The third kappa shape index (κ3) is 4.11.